The zero-order valence-corrected chi connectivity index (χ0v) is 13.1. The number of amides is 1. The number of carbonyl (C=O) groups is 1. The number of hydrogen-bond donors (Lipinski definition) is 2. The molecule has 1 rings (SSSR count). The smallest absolute Gasteiger partial charge is 0.237 e. The molecule has 3 atom stereocenters. The largest absolute Gasteiger partial charge is 0.393 e. The molecule has 1 aromatic carbocycles. The minimum absolute atomic E-state index is 0.0834. The third-order valence-corrected chi connectivity index (χ3v) is 3.67. The molecule has 21 heavy (non-hydrogen) atoms. The van der Waals surface area contributed by atoms with Crippen LogP contribution in [0.1, 0.15) is 38.8 Å². The van der Waals surface area contributed by atoms with Gasteiger partial charge in [0.1, 0.15) is 5.82 Å². The third kappa shape index (κ3) is 5.81. The van der Waals surface area contributed by atoms with Crippen LogP contribution < -0.4 is 5.32 Å². The lowest BCUT2D eigenvalue weighted by molar-refractivity contribution is -0.126. The molecule has 5 heteroatoms. The van der Waals surface area contributed by atoms with E-state index in [4.69, 9.17) is 0 Å². The maximum atomic E-state index is 12.9. The molecule has 0 heterocycles. The number of likely N-dealkylation sites (N-methyl/N-ethyl adjacent to an activating group) is 1. The second-order valence-corrected chi connectivity index (χ2v) is 5.58. The Morgan fingerprint density at radius 2 is 1.86 bits per heavy atom. The predicted molar refractivity (Wildman–Crippen MR) is 81.3 cm³/mol. The van der Waals surface area contributed by atoms with Crippen molar-refractivity contribution in [3.05, 3.63) is 35.6 Å². The molecule has 0 radical (unpaired) electrons. The van der Waals surface area contributed by atoms with Crippen LogP contribution in [0.4, 0.5) is 4.39 Å². The summed E-state index contributed by atoms with van der Waals surface area (Å²) in [6.45, 7) is 6.08. The number of hydrogen-bond acceptors (Lipinski definition) is 3. The van der Waals surface area contributed by atoms with E-state index in [1.807, 2.05) is 25.8 Å². The van der Waals surface area contributed by atoms with E-state index in [9.17, 15) is 14.3 Å². The molecule has 0 aromatic heterocycles. The average Bonchev–Trinajstić information content (AvgIpc) is 2.44. The number of rotatable bonds is 7. The maximum absolute atomic E-state index is 12.9. The van der Waals surface area contributed by atoms with Crippen molar-refractivity contribution >= 4 is 5.91 Å². The molecule has 1 amide bonds. The van der Waals surface area contributed by atoms with Crippen molar-refractivity contribution in [2.75, 3.05) is 13.6 Å². The zero-order chi connectivity index (χ0) is 16.0. The van der Waals surface area contributed by atoms with Crippen molar-refractivity contribution in [3.63, 3.8) is 0 Å². The van der Waals surface area contributed by atoms with Crippen LogP contribution in [0.3, 0.4) is 0 Å². The van der Waals surface area contributed by atoms with Gasteiger partial charge in [-0.05, 0) is 51.9 Å². The number of nitrogens with zero attached hydrogens (tertiary/aromatic N) is 1. The lowest BCUT2D eigenvalue weighted by Gasteiger charge is -2.26. The summed E-state index contributed by atoms with van der Waals surface area (Å²) in [6, 6.07) is 5.65. The van der Waals surface area contributed by atoms with Crippen molar-refractivity contribution in [3.8, 4) is 0 Å². The van der Waals surface area contributed by atoms with Gasteiger partial charge in [0.25, 0.3) is 0 Å². The second kappa shape index (κ2) is 8.10. The number of halogens is 1. The Bertz CT molecular complexity index is 448. The fourth-order valence-electron chi connectivity index (χ4n) is 1.95. The fraction of sp³-hybridized carbons (Fsp3) is 0.562. The summed E-state index contributed by atoms with van der Waals surface area (Å²) in [6.07, 6.45) is 0.252. The Kier molecular flexibility index (Phi) is 6.78. The average molecular weight is 296 g/mol. The minimum Gasteiger partial charge on any atom is -0.393 e. The van der Waals surface area contributed by atoms with Gasteiger partial charge in [0.15, 0.2) is 0 Å². The molecule has 0 saturated carbocycles. The molecule has 118 valence electrons. The summed E-state index contributed by atoms with van der Waals surface area (Å²) >= 11 is 0. The van der Waals surface area contributed by atoms with E-state index >= 15 is 0 Å². The Labute approximate surface area is 126 Å². The van der Waals surface area contributed by atoms with Gasteiger partial charge >= 0.3 is 0 Å². The van der Waals surface area contributed by atoms with E-state index in [0.717, 1.165) is 5.56 Å². The summed E-state index contributed by atoms with van der Waals surface area (Å²) in [5.41, 5.74) is 0.864. The van der Waals surface area contributed by atoms with Gasteiger partial charge in [-0.3, -0.25) is 9.69 Å². The highest BCUT2D eigenvalue weighted by molar-refractivity contribution is 5.81. The van der Waals surface area contributed by atoms with Gasteiger partial charge in [-0.2, -0.15) is 0 Å². The maximum Gasteiger partial charge on any atom is 0.237 e. The van der Waals surface area contributed by atoms with E-state index in [1.165, 1.54) is 12.1 Å². The van der Waals surface area contributed by atoms with Gasteiger partial charge < -0.3 is 10.4 Å². The summed E-state index contributed by atoms with van der Waals surface area (Å²) in [5, 5.41) is 12.2. The molecule has 0 saturated heterocycles. The SMILES string of the molecule is CC(O)CCN(C)C(C)C(=O)NC(C)c1ccc(F)cc1. The first kappa shape index (κ1) is 17.6. The van der Waals surface area contributed by atoms with Crippen molar-refractivity contribution < 1.29 is 14.3 Å². The number of aliphatic hydroxyl groups is 1. The van der Waals surface area contributed by atoms with Crippen LogP contribution >= 0.6 is 0 Å². The van der Waals surface area contributed by atoms with Crippen LogP contribution in [0, 0.1) is 5.82 Å². The van der Waals surface area contributed by atoms with E-state index in [0.29, 0.717) is 13.0 Å². The second-order valence-electron chi connectivity index (χ2n) is 5.58. The molecule has 0 spiro atoms. The van der Waals surface area contributed by atoms with Crippen LogP contribution in [0.15, 0.2) is 24.3 Å². The van der Waals surface area contributed by atoms with E-state index in [1.54, 1.807) is 19.1 Å². The summed E-state index contributed by atoms with van der Waals surface area (Å²) in [4.78, 5) is 14.1. The molecule has 1 aromatic rings. The minimum atomic E-state index is -0.374. The van der Waals surface area contributed by atoms with Gasteiger partial charge in [0.05, 0.1) is 18.2 Å². The van der Waals surface area contributed by atoms with Crippen molar-refractivity contribution in [2.45, 2.75) is 45.4 Å². The van der Waals surface area contributed by atoms with E-state index in [2.05, 4.69) is 5.32 Å². The number of carbonyl (C=O) groups excluding carboxylic acids is 1. The van der Waals surface area contributed by atoms with Crippen molar-refractivity contribution in [2.24, 2.45) is 0 Å². The molecule has 0 fully saturated rings. The van der Waals surface area contributed by atoms with Crippen LogP contribution in [0.2, 0.25) is 0 Å². The Morgan fingerprint density at radius 1 is 1.29 bits per heavy atom. The van der Waals surface area contributed by atoms with Crippen LogP contribution in [-0.2, 0) is 4.79 Å². The molecule has 0 aliphatic carbocycles. The van der Waals surface area contributed by atoms with Gasteiger partial charge in [-0.1, -0.05) is 12.1 Å². The molecule has 0 bridgehead atoms. The zero-order valence-electron chi connectivity index (χ0n) is 13.1. The highest BCUT2D eigenvalue weighted by Gasteiger charge is 2.20. The van der Waals surface area contributed by atoms with Gasteiger partial charge in [-0.15, -0.1) is 0 Å². The van der Waals surface area contributed by atoms with E-state index in [-0.39, 0.29) is 29.9 Å². The molecule has 4 nitrogen and oxygen atoms in total. The number of benzene rings is 1. The standard InChI is InChI=1S/C16H25FN2O2/c1-11(20)9-10-19(4)13(3)16(21)18-12(2)14-5-7-15(17)8-6-14/h5-8,11-13,20H,9-10H2,1-4H3,(H,18,21). The van der Waals surface area contributed by atoms with Gasteiger partial charge in [0, 0.05) is 6.54 Å². The Hall–Kier alpha value is -1.46. The normalized spacial score (nSPS) is 15.6. The highest BCUT2D eigenvalue weighted by Crippen LogP contribution is 2.13. The fourth-order valence-corrected chi connectivity index (χ4v) is 1.95. The molecule has 0 aliphatic heterocycles. The molecule has 3 unspecified atom stereocenters. The lowest BCUT2D eigenvalue weighted by atomic mass is 10.1. The summed E-state index contributed by atoms with van der Waals surface area (Å²) in [7, 11) is 1.86. The molecule has 0 aliphatic rings. The van der Waals surface area contributed by atoms with Crippen LogP contribution in [0.25, 0.3) is 0 Å². The van der Waals surface area contributed by atoms with E-state index < -0.39 is 0 Å². The monoisotopic (exact) mass is 296 g/mol. The quantitative estimate of drug-likeness (QED) is 0.810. The van der Waals surface area contributed by atoms with Crippen molar-refractivity contribution in [1.82, 2.24) is 10.2 Å². The topological polar surface area (TPSA) is 52.6 Å². The van der Waals surface area contributed by atoms with Gasteiger partial charge in [-0.25, -0.2) is 4.39 Å². The summed E-state index contributed by atoms with van der Waals surface area (Å²) in [5.74, 6) is -0.372. The van der Waals surface area contributed by atoms with Crippen LogP contribution in [0.5, 0.6) is 0 Å². The number of nitrogens with one attached hydrogen (secondary N) is 1. The Morgan fingerprint density at radius 3 is 2.38 bits per heavy atom. The molecular formula is C16H25FN2O2. The summed E-state index contributed by atoms with van der Waals surface area (Å²) < 4.78 is 12.9. The lowest BCUT2D eigenvalue weighted by Crippen LogP contribution is -2.44. The molecular weight excluding hydrogens is 271 g/mol. The first-order valence-electron chi connectivity index (χ1n) is 7.25. The first-order chi connectivity index (χ1) is 9.81. The number of aliphatic hydroxyl groups excluding tert-OH is 1. The highest BCUT2D eigenvalue weighted by atomic mass is 19.1. The third-order valence-electron chi connectivity index (χ3n) is 3.67. The molecule has 2 N–H and O–H groups in total. The predicted octanol–water partition coefficient (Wildman–Crippen LogP) is 2.09. The van der Waals surface area contributed by atoms with Crippen molar-refractivity contribution in [1.29, 1.82) is 0 Å². The van der Waals surface area contributed by atoms with Crippen LogP contribution in [-0.4, -0.2) is 41.7 Å². The Balaban J connectivity index is 2.53. The van der Waals surface area contributed by atoms with Gasteiger partial charge in [0.2, 0.25) is 5.91 Å². The first-order valence-corrected chi connectivity index (χ1v) is 7.25.